The number of hydrazone groups is 1. The molecule has 2 aliphatic rings. The fraction of sp³-hybridized carbons (Fsp3) is 0.409. The molecular formula is C22H29N5O2. The fourth-order valence-corrected chi connectivity index (χ4v) is 3.34. The molecule has 0 bridgehead atoms. The van der Waals surface area contributed by atoms with Gasteiger partial charge in [0, 0.05) is 24.9 Å². The lowest BCUT2D eigenvalue weighted by atomic mass is 10.1. The number of rotatable bonds is 8. The molecule has 0 aliphatic heterocycles. The molecule has 2 fully saturated rings. The number of hydrogen-bond acceptors (Lipinski definition) is 5. The molecule has 0 atom stereocenters. The molecule has 0 heterocycles. The molecular weight excluding hydrogens is 366 g/mol. The third-order valence-corrected chi connectivity index (χ3v) is 5.10. The Kier molecular flexibility index (Phi) is 6.69. The molecule has 29 heavy (non-hydrogen) atoms. The first-order valence-corrected chi connectivity index (χ1v) is 10.2. The Morgan fingerprint density at radius 1 is 1.24 bits per heavy atom. The number of nitrogens with one attached hydrogen (secondary N) is 2. The van der Waals surface area contributed by atoms with Gasteiger partial charge < -0.3 is 16.4 Å². The summed E-state index contributed by atoms with van der Waals surface area (Å²) in [6.07, 6.45) is 8.18. The predicted octanol–water partition coefficient (Wildman–Crippen LogP) is 2.81. The molecule has 2 aliphatic carbocycles. The maximum atomic E-state index is 12.6. The van der Waals surface area contributed by atoms with Crippen LogP contribution in [-0.2, 0) is 4.79 Å². The van der Waals surface area contributed by atoms with Crippen molar-refractivity contribution in [2.45, 2.75) is 51.5 Å². The lowest BCUT2D eigenvalue weighted by molar-refractivity contribution is -0.117. The molecule has 7 heteroatoms. The number of amides is 2. The molecule has 1 aromatic carbocycles. The second-order valence-electron chi connectivity index (χ2n) is 7.42. The molecule has 0 spiro atoms. The monoisotopic (exact) mass is 395 g/mol. The fourth-order valence-electron chi connectivity index (χ4n) is 3.34. The molecule has 0 radical (unpaired) electrons. The summed E-state index contributed by atoms with van der Waals surface area (Å²) in [4.78, 5) is 24.6. The maximum Gasteiger partial charge on any atom is 0.269 e. The highest BCUT2D eigenvalue weighted by atomic mass is 16.2. The highest BCUT2D eigenvalue weighted by Gasteiger charge is 2.26. The topological polar surface area (TPSA) is 99.8 Å². The number of anilines is 1. The van der Waals surface area contributed by atoms with E-state index in [0.717, 1.165) is 38.5 Å². The zero-order valence-electron chi connectivity index (χ0n) is 16.9. The third kappa shape index (κ3) is 5.25. The van der Waals surface area contributed by atoms with E-state index in [-0.39, 0.29) is 23.6 Å². The van der Waals surface area contributed by atoms with Gasteiger partial charge in [-0.05, 0) is 75.8 Å². The van der Waals surface area contributed by atoms with E-state index in [1.165, 1.54) is 5.57 Å². The van der Waals surface area contributed by atoms with Crippen molar-refractivity contribution in [3.8, 4) is 0 Å². The highest BCUT2D eigenvalue weighted by molar-refractivity contribution is 5.96. The molecule has 2 amide bonds. The van der Waals surface area contributed by atoms with Crippen LogP contribution >= 0.6 is 0 Å². The maximum absolute atomic E-state index is 12.6. The number of nitrogens with zero attached hydrogens (tertiary/aromatic N) is 2. The summed E-state index contributed by atoms with van der Waals surface area (Å²) >= 11 is 0. The van der Waals surface area contributed by atoms with Gasteiger partial charge in [-0.1, -0.05) is 5.57 Å². The summed E-state index contributed by atoms with van der Waals surface area (Å²) in [5.41, 5.74) is 9.39. The van der Waals surface area contributed by atoms with Gasteiger partial charge in [0.2, 0.25) is 0 Å². The molecule has 2 saturated carbocycles. The summed E-state index contributed by atoms with van der Waals surface area (Å²) < 4.78 is 0. The van der Waals surface area contributed by atoms with E-state index in [9.17, 15) is 9.59 Å². The van der Waals surface area contributed by atoms with Gasteiger partial charge >= 0.3 is 0 Å². The van der Waals surface area contributed by atoms with Crippen molar-refractivity contribution < 1.29 is 9.59 Å². The molecule has 1 aromatic rings. The van der Waals surface area contributed by atoms with Crippen LogP contribution in [0.1, 0.15) is 55.8 Å². The highest BCUT2D eigenvalue weighted by Crippen LogP contribution is 2.29. The minimum Gasteiger partial charge on any atom is -0.393 e. The summed E-state index contributed by atoms with van der Waals surface area (Å²) in [6.45, 7) is 6.12. The van der Waals surface area contributed by atoms with Gasteiger partial charge in [-0.2, -0.15) is 5.10 Å². The zero-order chi connectivity index (χ0) is 20.8. The van der Waals surface area contributed by atoms with Crippen LogP contribution in [0.15, 0.2) is 52.4 Å². The molecule has 3 rings (SSSR count). The van der Waals surface area contributed by atoms with Crippen molar-refractivity contribution in [1.29, 1.82) is 0 Å². The Labute approximate surface area is 171 Å². The van der Waals surface area contributed by atoms with Crippen molar-refractivity contribution >= 4 is 24.2 Å². The summed E-state index contributed by atoms with van der Waals surface area (Å²) in [7, 11) is 0. The van der Waals surface area contributed by atoms with E-state index in [0.29, 0.717) is 23.5 Å². The first-order valence-electron chi connectivity index (χ1n) is 10.2. The Morgan fingerprint density at radius 3 is 2.45 bits per heavy atom. The minimum absolute atomic E-state index is 0.122. The summed E-state index contributed by atoms with van der Waals surface area (Å²) in [5.74, 6) is -0.422. The second-order valence-corrected chi connectivity index (χ2v) is 7.42. The van der Waals surface area contributed by atoms with Crippen LogP contribution in [0.25, 0.3) is 0 Å². The molecule has 154 valence electrons. The Morgan fingerprint density at radius 2 is 1.90 bits per heavy atom. The number of carbonyl (C=O) groups is 2. The van der Waals surface area contributed by atoms with E-state index < -0.39 is 0 Å². The van der Waals surface area contributed by atoms with Crippen LogP contribution in [0.5, 0.6) is 0 Å². The molecule has 7 nitrogen and oxygen atoms in total. The lowest BCUT2D eigenvalue weighted by Gasteiger charge is -2.22. The van der Waals surface area contributed by atoms with Gasteiger partial charge in [0.15, 0.2) is 0 Å². The lowest BCUT2D eigenvalue weighted by Crippen LogP contribution is -2.33. The van der Waals surface area contributed by atoms with Crippen molar-refractivity contribution in [3.05, 3.63) is 52.9 Å². The number of benzene rings is 1. The quantitative estimate of drug-likeness (QED) is 0.358. The van der Waals surface area contributed by atoms with Crippen molar-refractivity contribution in [1.82, 2.24) is 10.6 Å². The van der Waals surface area contributed by atoms with Crippen molar-refractivity contribution in [2.24, 2.45) is 10.8 Å². The Balaban J connectivity index is 1.93. The molecule has 0 saturated heterocycles. The average Bonchev–Trinajstić information content (AvgIpc) is 3.39. The number of nitrogens with two attached hydrogens (primary N) is 1. The van der Waals surface area contributed by atoms with Crippen LogP contribution in [0.3, 0.4) is 0 Å². The SMILES string of the molecule is C=NN(/C(C=C1CCCC1)=C(\N)C(=O)NC1CC1)c1ccc(C(=O)NCC)cc1. The third-order valence-electron chi connectivity index (χ3n) is 5.10. The molecule has 0 aromatic heterocycles. The molecule has 0 unspecified atom stereocenters. The first-order chi connectivity index (χ1) is 14.0. The van der Waals surface area contributed by atoms with Crippen LogP contribution in [0.4, 0.5) is 5.69 Å². The summed E-state index contributed by atoms with van der Waals surface area (Å²) in [5, 5.41) is 11.4. The summed E-state index contributed by atoms with van der Waals surface area (Å²) in [6, 6.07) is 7.21. The van der Waals surface area contributed by atoms with Gasteiger partial charge in [-0.3, -0.25) is 9.59 Å². The standard InChI is InChI=1S/C22H29N5O2/c1-3-25-21(28)16-8-12-18(13-9-16)27(24-2)19(14-15-6-4-5-7-15)20(23)22(29)26-17-10-11-17/h8-9,12-14,17H,2-7,10-11,23H2,1H3,(H,25,28)(H,26,29)/b20-19-. The van der Waals surface area contributed by atoms with Crippen molar-refractivity contribution in [3.63, 3.8) is 0 Å². The van der Waals surface area contributed by atoms with E-state index in [1.54, 1.807) is 29.3 Å². The van der Waals surface area contributed by atoms with E-state index in [2.05, 4.69) is 22.5 Å². The number of allylic oxidation sites excluding steroid dienone is 2. The molecule has 4 N–H and O–H groups in total. The number of carbonyl (C=O) groups excluding carboxylic acids is 2. The van der Waals surface area contributed by atoms with Gasteiger partial charge in [-0.15, -0.1) is 0 Å². The normalized spacial score (nSPS) is 16.7. The van der Waals surface area contributed by atoms with Gasteiger partial charge in [0.05, 0.1) is 11.4 Å². The number of hydrogen-bond donors (Lipinski definition) is 3. The largest absolute Gasteiger partial charge is 0.393 e. The van der Waals surface area contributed by atoms with Crippen LogP contribution in [0, 0.1) is 0 Å². The Bertz CT molecular complexity index is 829. The van der Waals surface area contributed by atoms with Crippen LogP contribution < -0.4 is 21.4 Å². The minimum atomic E-state index is -0.287. The Hall–Kier alpha value is -3.09. The van der Waals surface area contributed by atoms with Crippen molar-refractivity contribution in [2.75, 3.05) is 11.6 Å². The van der Waals surface area contributed by atoms with Crippen LogP contribution in [-0.4, -0.2) is 31.1 Å². The zero-order valence-corrected chi connectivity index (χ0v) is 16.9. The predicted molar refractivity (Wildman–Crippen MR) is 115 cm³/mol. The van der Waals surface area contributed by atoms with Gasteiger partial charge in [0.25, 0.3) is 11.8 Å². The van der Waals surface area contributed by atoms with Gasteiger partial charge in [0.1, 0.15) is 5.70 Å². The van der Waals surface area contributed by atoms with E-state index in [4.69, 9.17) is 5.73 Å². The smallest absolute Gasteiger partial charge is 0.269 e. The van der Waals surface area contributed by atoms with E-state index >= 15 is 0 Å². The van der Waals surface area contributed by atoms with Crippen LogP contribution in [0.2, 0.25) is 0 Å². The van der Waals surface area contributed by atoms with Gasteiger partial charge in [-0.25, -0.2) is 5.01 Å². The first kappa shape index (κ1) is 20.6. The second kappa shape index (κ2) is 9.41. The van der Waals surface area contributed by atoms with E-state index in [1.807, 2.05) is 13.0 Å². The average molecular weight is 396 g/mol.